The number of benzene rings is 1. The molecular weight excluding hydrogens is 347 g/mol. The molecule has 0 bridgehead atoms. The Labute approximate surface area is 137 Å². The molecule has 3 rings (SSSR count). The van der Waals surface area contributed by atoms with Crippen LogP contribution in [0.4, 0.5) is 18.9 Å². The van der Waals surface area contributed by atoms with Crippen molar-refractivity contribution in [2.24, 2.45) is 0 Å². The van der Waals surface area contributed by atoms with Crippen LogP contribution in [0.3, 0.4) is 0 Å². The van der Waals surface area contributed by atoms with Gasteiger partial charge in [0, 0.05) is 6.54 Å². The van der Waals surface area contributed by atoms with Gasteiger partial charge in [0.2, 0.25) is 0 Å². The number of alkyl halides is 3. The van der Waals surface area contributed by atoms with E-state index < -0.39 is 21.5 Å². The molecule has 24 heavy (non-hydrogen) atoms. The summed E-state index contributed by atoms with van der Waals surface area (Å²) in [5.74, 6) is -0.628. The van der Waals surface area contributed by atoms with E-state index in [1.807, 2.05) is 0 Å². The first kappa shape index (κ1) is 17.1. The maximum atomic E-state index is 12.9. The smallest absolute Gasteiger partial charge is 0.465 e. The molecule has 1 heterocycles. The van der Waals surface area contributed by atoms with Crippen LogP contribution in [0.25, 0.3) is 0 Å². The first-order valence-electron chi connectivity index (χ1n) is 7.53. The van der Waals surface area contributed by atoms with Gasteiger partial charge in [-0.3, -0.25) is 4.31 Å². The molecule has 5 nitrogen and oxygen atoms in total. The van der Waals surface area contributed by atoms with Crippen LogP contribution in [-0.4, -0.2) is 33.5 Å². The third-order valence-electron chi connectivity index (χ3n) is 4.54. The van der Waals surface area contributed by atoms with Crippen molar-refractivity contribution in [1.29, 1.82) is 0 Å². The lowest BCUT2D eigenvalue weighted by atomic mass is 9.85. The lowest BCUT2D eigenvalue weighted by Gasteiger charge is -2.25. The van der Waals surface area contributed by atoms with E-state index in [-0.39, 0.29) is 24.2 Å². The quantitative estimate of drug-likeness (QED) is 0.758. The van der Waals surface area contributed by atoms with Crippen molar-refractivity contribution in [3.05, 3.63) is 28.3 Å². The molecule has 0 aromatic heterocycles. The minimum Gasteiger partial charge on any atom is -0.465 e. The van der Waals surface area contributed by atoms with Crippen LogP contribution in [0.5, 0.6) is 0 Å². The number of methoxy groups -OCH3 is 1. The molecule has 0 unspecified atom stereocenters. The Kier molecular flexibility index (Phi) is 4.01. The van der Waals surface area contributed by atoms with Crippen LogP contribution < -0.4 is 4.31 Å². The van der Waals surface area contributed by atoms with Crippen molar-refractivity contribution in [2.45, 2.75) is 37.6 Å². The molecule has 0 spiro atoms. The van der Waals surface area contributed by atoms with Crippen molar-refractivity contribution >= 4 is 21.7 Å². The summed E-state index contributed by atoms with van der Waals surface area (Å²) in [5.41, 5.74) is -3.35. The molecule has 0 N–H and O–H groups in total. The number of fused-ring (bicyclic) bond motifs is 2. The van der Waals surface area contributed by atoms with Gasteiger partial charge in [-0.15, -0.1) is 0 Å². The summed E-state index contributed by atoms with van der Waals surface area (Å²) in [6.07, 6.45) is 3.02. The molecule has 1 aliphatic heterocycles. The molecule has 0 fully saturated rings. The van der Waals surface area contributed by atoms with E-state index in [1.54, 1.807) is 0 Å². The first-order valence-corrected chi connectivity index (χ1v) is 8.97. The number of nitrogens with zero attached hydrogens (tertiary/aromatic N) is 1. The van der Waals surface area contributed by atoms with Gasteiger partial charge in [0.25, 0.3) is 0 Å². The van der Waals surface area contributed by atoms with Gasteiger partial charge < -0.3 is 4.74 Å². The molecule has 1 aliphatic carbocycles. The fourth-order valence-electron chi connectivity index (χ4n) is 3.47. The van der Waals surface area contributed by atoms with Crippen molar-refractivity contribution < 1.29 is 31.1 Å². The highest BCUT2D eigenvalue weighted by Gasteiger charge is 2.52. The van der Waals surface area contributed by atoms with Gasteiger partial charge in [0.15, 0.2) is 0 Å². The van der Waals surface area contributed by atoms with E-state index in [0.29, 0.717) is 22.7 Å². The second-order valence-corrected chi connectivity index (χ2v) is 7.71. The van der Waals surface area contributed by atoms with Gasteiger partial charge in [-0.05, 0) is 54.9 Å². The fourth-order valence-corrected chi connectivity index (χ4v) is 4.47. The zero-order valence-corrected chi connectivity index (χ0v) is 13.8. The highest BCUT2D eigenvalue weighted by molar-refractivity contribution is 7.93. The third kappa shape index (κ3) is 2.45. The number of sulfonamides is 1. The Bertz CT molecular complexity index is 802. The van der Waals surface area contributed by atoms with Crippen molar-refractivity contribution in [2.75, 3.05) is 18.0 Å². The fraction of sp³-hybridized carbons (Fsp3) is 0.533. The normalized spacial score (nSPS) is 17.4. The zero-order chi connectivity index (χ0) is 17.7. The summed E-state index contributed by atoms with van der Waals surface area (Å²) in [4.78, 5) is 12.2. The Hall–Kier alpha value is -1.77. The molecule has 0 saturated heterocycles. The Morgan fingerprint density at radius 1 is 1.17 bits per heavy atom. The number of ether oxygens (including phenoxy) is 1. The Morgan fingerprint density at radius 2 is 1.83 bits per heavy atom. The molecule has 0 radical (unpaired) electrons. The number of esters is 1. The van der Waals surface area contributed by atoms with Crippen LogP contribution >= 0.6 is 0 Å². The number of halogens is 3. The molecule has 0 amide bonds. The van der Waals surface area contributed by atoms with E-state index in [4.69, 9.17) is 4.74 Å². The van der Waals surface area contributed by atoms with Crippen LogP contribution in [0.15, 0.2) is 6.07 Å². The molecule has 2 aliphatic rings. The monoisotopic (exact) mass is 363 g/mol. The number of rotatable bonds is 2. The minimum absolute atomic E-state index is 0.0478. The summed E-state index contributed by atoms with van der Waals surface area (Å²) in [7, 11) is -4.28. The largest absolute Gasteiger partial charge is 0.516 e. The van der Waals surface area contributed by atoms with Crippen molar-refractivity contribution in [1.82, 2.24) is 0 Å². The number of anilines is 1. The predicted octanol–water partition coefficient (Wildman–Crippen LogP) is 2.56. The van der Waals surface area contributed by atoms with Crippen molar-refractivity contribution in [3.8, 4) is 0 Å². The van der Waals surface area contributed by atoms with E-state index in [9.17, 15) is 26.4 Å². The number of carbonyl (C=O) groups excluding carboxylic acids is 1. The average Bonchev–Trinajstić information content (AvgIpc) is 2.94. The van der Waals surface area contributed by atoms with Crippen LogP contribution in [-0.2, 0) is 34.0 Å². The zero-order valence-electron chi connectivity index (χ0n) is 12.9. The van der Waals surface area contributed by atoms with Gasteiger partial charge >= 0.3 is 21.5 Å². The summed E-state index contributed by atoms with van der Waals surface area (Å²) >= 11 is 0. The molecule has 9 heteroatoms. The average molecular weight is 363 g/mol. The van der Waals surface area contributed by atoms with Gasteiger partial charge in [-0.1, -0.05) is 0 Å². The van der Waals surface area contributed by atoms with Gasteiger partial charge in [0.05, 0.1) is 18.4 Å². The van der Waals surface area contributed by atoms with Crippen LogP contribution in [0.1, 0.15) is 39.9 Å². The number of hydrogen-bond acceptors (Lipinski definition) is 4. The molecule has 1 aromatic rings. The lowest BCUT2D eigenvalue weighted by Crippen LogP contribution is -2.39. The summed E-state index contributed by atoms with van der Waals surface area (Å²) in [5, 5.41) is 0. The summed E-state index contributed by atoms with van der Waals surface area (Å²) < 4.78 is 67.6. The predicted molar refractivity (Wildman–Crippen MR) is 80.4 cm³/mol. The SMILES string of the molecule is COC(=O)c1c2c(cc3c1CCN3S(=O)(=O)C(F)(F)F)CCCC2. The van der Waals surface area contributed by atoms with Crippen LogP contribution in [0.2, 0.25) is 0 Å². The topological polar surface area (TPSA) is 63.7 Å². The number of hydrogen-bond donors (Lipinski definition) is 0. The highest BCUT2D eigenvalue weighted by Crippen LogP contribution is 2.42. The molecular formula is C15H16F3NO4S. The van der Waals surface area contributed by atoms with E-state index >= 15 is 0 Å². The highest BCUT2D eigenvalue weighted by atomic mass is 32.2. The molecule has 0 atom stereocenters. The van der Waals surface area contributed by atoms with E-state index in [2.05, 4.69) is 0 Å². The third-order valence-corrected chi connectivity index (χ3v) is 6.08. The van der Waals surface area contributed by atoms with Gasteiger partial charge in [0.1, 0.15) is 0 Å². The molecule has 132 valence electrons. The summed E-state index contributed by atoms with van der Waals surface area (Å²) in [6, 6.07) is 1.49. The number of aryl methyl sites for hydroxylation is 1. The Morgan fingerprint density at radius 3 is 2.46 bits per heavy atom. The maximum absolute atomic E-state index is 12.9. The summed E-state index contributed by atoms with van der Waals surface area (Å²) in [6.45, 7) is -0.329. The lowest BCUT2D eigenvalue weighted by molar-refractivity contribution is -0.0437. The van der Waals surface area contributed by atoms with Crippen LogP contribution in [0, 0.1) is 0 Å². The minimum atomic E-state index is -5.48. The van der Waals surface area contributed by atoms with E-state index in [1.165, 1.54) is 13.2 Å². The van der Waals surface area contributed by atoms with Crippen molar-refractivity contribution in [3.63, 3.8) is 0 Å². The van der Waals surface area contributed by atoms with E-state index in [0.717, 1.165) is 24.0 Å². The second kappa shape index (κ2) is 5.65. The molecule has 0 saturated carbocycles. The number of carbonyl (C=O) groups is 1. The second-order valence-electron chi connectivity index (χ2n) is 5.86. The van der Waals surface area contributed by atoms with Gasteiger partial charge in [-0.25, -0.2) is 4.79 Å². The van der Waals surface area contributed by atoms with Gasteiger partial charge in [-0.2, -0.15) is 21.6 Å². The Balaban J connectivity index is 2.22. The maximum Gasteiger partial charge on any atom is 0.516 e. The standard InChI is InChI=1S/C15H16F3NO4S/c1-23-14(20)13-10-5-3-2-4-9(10)8-12-11(13)6-7-19(12)24(21,22)15(16,17)18/h8H,2-7H2,1H3. The first-order chi connectivity index (χ1) is 11.2. The molecule has 1 aromatic carbocycles.